The number of nitrogens with one attached hydrogen (secondary N) is 1. The zero-order valence-electron chi connectivity index (χ0n) is 18.8. The molecule has 1 aliphatic rings. The number of piperidine rings is 1. The van der Waals surface area contributed by atoms with Crippen molar-refractivity contribution in [3.8, 4) is 22.5 Å². The van der Waals surface area contributed by atoms with Gasteiger partial charge in [-0.1, -0.05) is 103 Å². The number of anilines is 1. The monoisotopic (exact) mass is 503 g/mol. The van der Waals surface area contributed by atoms with Crippen LogP contribution >= 0.6 is 34.8 Å². The molecule has 0 saturated carbocycles. The topological polar surface area (TPSA) is 53.9 Å². The van der Waals surface area contributed by atoms with Crippen molar-refractivity contribution in [1.82, 2.24) is 19.9 Å². The molecule has 1 N–H and O–H groups in total. The second-order valence-electron chi connectivity index (χ2n) is 8.86. The van der Waals surface area contributed by atoms with Crippen molar-refractivity contribution >= 4 is 40.8 Å². The van der Waals surface area contributed by atoms with Gasteiger partial charge in [-0.2, -0.15) is 9.97 Å². The smallest absolute Gasteiger partial charge is 0.250 e. The van der Waals surface area contributed by atoms with Gasteiger partial charge in [-0.3, -0.25) is 0 Å². The number of alkyl halides is 3. The maximum absolute atomic E-state index is 6.15. The number of benzene rings is 2. The van der Waals surface area contributed by atoms with Crippen LogP contribution < -0.4 is 5.32 Å². The Bertz CT molecular complexity index is 1040. The molecule has 0 spiro atoms. The molecule has 0 atom stereocenters. The second kappa shape index (κ2) is 10.6. The minimum atomic E-state index is -1.74. The van der Waals surface area contributed by atoms with Gasteiger partial charge in [0, 0.05) is 31.2 Å². The Morgan fingerprint density at radius 1 is 0.879 bits per heavy atom. The van der Waals surface area contributed by atoms with Crippen LogP contribution in [-0.2, 0) is 3.79 Å². The third-order valence-corrected chi connectivity index (χ3v) is 6.19. The molecule has 4 rings (SSSR count). The zero-order chi connectivity index (χ0) is 23.4. The Hall–Kier alpha value is -1.92. The molecule has 1 saturated heterocycles. The molecule has 0 bridgehead atoms. The number of hydrogen-bond acceptors (Lipinski definition) is 5. The number of halogens is 3. The Morgan fingerprint density at radius 3 is 2.09 bits per heavy atom. The van der Waals surface area contributed by atoms with E-state index in [1.807, 2.05) is 42.5 Å². The summed E-state index contributed by atoms with van der Waals surface area (Å²) in [7, 11) is 0. The van der Waals surface area contributed by atoms with Crippen LogP contribution in [0.2, 0.25) is 0 Å². The predicted octanol–water partition coefficient (Wildman–Crippen LogP) is 6.56. The number of rotatable bonds is 6. The summed E-state index contributed by atoms with van der Waals surface area (Å²) in [6.07, 6.45) is 2.03. The van der Waals surface area contributed by atoms with Crippen LogP contribution in [-0.4, -0.2) is 45.5 Å². The van der Waals surface area contributed by atoms with Crippen molar-refractivity contribution in [2.24, 2.45) is 5.92 Å². The van der Waals surface area contributed by atoms with Crippen LogP contribution in [0.25, 0.3) is 22.5 Å². The Morgan fingerprint density at radius 2 is 1.48 bits per heavy atom. The van der Waals surface area contributed by atoms with Crippen LogP contribution in [0, 0.1) is 5.92 Å². The maximum Gasteiger partial charge on any atom is 0.250 e. The molecule has 0 radical (unpaired) electrons. The first-order valence-electron chi connectivity index (χ1n) is 11.3. The van der Waals surface area contributed by atoms with E-state index in [0.717, 1.165) is 49.2 Å². The molecule has 2 aromatic carbocycles. The van der Waals surface area contributed by atoms with Gasteiger partial charge in [0.2, 0.25) is 9.74 Å². The molecule has 3 aromatic rings. The van der Waals surface area contributed by atoms with Gasteiger partial charge in [0.15, 0.2) is 11.6 Å². The summed E-state index contributed by atoms with van der Waals surface area (Å²) in [5.41, 5.74) is 3.09. The summed E-state index contributed by atoms with van der Waals surface area (Å²) >= 11 is 18.4. The minimum absolute atomic E-state index is 0.115. The molecule has 1 aromatic heterocycles. The van der Waals surface area contributed by atoms with Crippen molar-refractivity contribution in [2.45, 2.75) is 36.5 Å². The van der Waals surface area contributed by atoms with Gasteiger partial charge < -0.3 is 10.2 Å². The molecule has 33 heavy (non-hydrogen) atoms. The van der Waals surface area contributed by atoms with Crippen molar-refractivity contribution in [3.63, 3.8) is 0 Å². The van der Waals surface area contributed by atoms with Gasteiger partial charge in [0.25, 0.3) is 0 Å². The average molecular weight is 505 g/mol. The minimum Gasteiger partial charge on any atom is -0.351 e. The van der Waals surface area contributed by atoms with E-state index in [1.54, 1.807) is 0 Å². The van der Waals surface area contributed by atoms with Crippen molar-refractivity contribution in [1.29, 1.82) is 0 Å². The summed E-state index contributed by atoms with van der Waals surface area (Å²) in [6, 6.07) is 18.5. The fourth-order valence-corrected chi connectivity index (χ4v) is 4.35. The lowest BCUT2D eigenvalue weighted by Crippen LogP contribution is -2.41. The number of nitrogens with zero attached hydrogens (tertiary/aromatic N) is 4. The standard InChI is InChI=1S/C25H28Cl3N5/c1-17(2)16-33-14-12-21(13-15-33)29-24-31-22(30-23(32-24)25(26,27)28)20-10-8-19(9-11-20)18-6-4-3-5-7-18/h3-11,17,21H,12-16H2,1-2H3,(H,29,30,31,32). The van der Waals surface area contributed by atoms with Gasteiger partial charge in [-0.15, -0.1) is 0 Å². The Labute approximate surface area is 210 Å². The highest BCUT2D eigenvalue weighted by Crippen LogP contribution is 2.37. The summed E-state index contributed by atoms with van der Waals surface area (Å²) in [5, 5.41) is 3.45. The molecule has 1 fully saturated rings. The highest BCUT2D eigenvalue weighted by atomic mass is 35.6. The van der Waals surface area contributed by atoms with E-state index in [-0.39, 0.29) is 11.9 Å². The highest BCUT2D eigenvalue weighted by Gasteiger charge is 2.29. The van der Waals surface area contributed by atoms with Crippen LogP contribution in [0.15, 0.2) is 54.6 Å². The Kier molecular flexibility index (Phi) is 7.75. The van der Waals surface area contributed by atoms with Crippen LogP contribution in [0.3, 0.4) is 0 Å². The van der Waals surface area contributed by atoms with E-state index < -0.39 is 3.79 Å². The molecule has 8 heteroatoms. The second-order valence-corrected chi connectivity index (χ2v) is 11.1. The highest BCUT2D eigenvalue weighted by molar-refractivity contribution is 6.66. The molecule has 5 nitrogen and oxygen atoms in total. The lowest BCUT2D eigenvalue weighted by atomic mass is 10.0. The number of hydrogen-bond donors (Lipinski definition) is 1. The Balaban J connectivity index is 1.55. The molecular weight excluding hydrogens is 477 g/mol. The third kappa shape index (κ3) is 6.57. The summed E-state index contributed by atoms with van der Waals surface area (Å²) in [4.78, 5) is 16.0. The van der Waals surface area contributed by atoms with E-state index in [0.29, 0.717) is 17.7 Å². The summed E-state index contributed by atoms with van der Waals surface area (Å²) in [6.45, 7) is 7.72. The van der Waals surface area contributed by atoms with E-state index in [2.05, 4.69) is 51.1 Å². The van der Waals surface area contributed by atoms with E-state index in [9.17, 15) is 0 Å². The lowest BCUT2D eigenvalue weighted by molar-refractivity contribution is 0.197. The van der Waals surface area contributed by atoms with Gasteiger partial charge >= 0.3 is 0 Å². The van der Waals surface area contributed by atoms with Crippen molar-refractivity contribution < 1.29 is 0 Å². The normalized spacial score (nSPS) is 15.7. The van der Waals surface area contributed by atoms with Crippen LogP contribution in [0.4, 0.5) is 5.95 Å². The van der Waals surface area contributed by atoms with Crippen molar-refractivity contribution in [3.05, 3.63) is 60.4 Å². The fourth-order valence-electron chi connectivity index (χ4n) is 4.10. The predicted molar refractivity (Wildman–Crippen MR) is 138 cm³/mol. The van der Waals surface area contributed by atoms with Gasteiger partial charge in [0.05, 0.1) is 0 Å². The van der Waals surface area contributed by atoms with Gasteiger partial charge in [0.1, 0.15) is 0 Å². The van der Waals surface area contributed by atoms with Crippen LogP contribution in [0.1, 0.15) is 32.5 Å². The SMILES string of the molecule is CC(C)CN1CCC(Nc2nc(-c3ccc(-c4ccccc4)cc3)nc(C(Cl)(Cl)Cl)n2)CC1. The summed E-state index contributed by atoms with van der Waals surface area (Å²) < 4.78 is -1.74. The first kappa shape index (κ1) is 24.2. The number of aromatic nitrogens is 3. The fraction of sp³-hybridized carbons (Fsp3) is 0.400. The van der Waals surface area contributed by atoms with Gasteiger partial charge in [-0.25, -0.2) is 4.98 Å². The first-order valence-corrected chi connectivity index (χ1v) is 12.4. The zero-order valence-corrected chi connectivity index (χ0v) is 21.1. The lowest BCUT2D eigenvalue weighted by Gasteiger charge is -2.33. The van der Waals surface area contributed by atoms with Crippen LogP contribution in [0.5, 0.6) is 0 Å². The number of likely N-dealkylation sites (tertiary alicyclic amines) is 1. The first-order chi connectivity index (χ1) is 15.8. The quantitative estimate of drug-likeness (QED) is 0.385. The average Bonchev–Trinajstić information content (AvgIpc) is 2.80. The van der Waals surface area contributed by atoms with E-state index in [4.69, 9.17) is 34.8 Å². The molecule has 174 valence electrons. The molecule has 0 amide bonds. The van der Waals surface area contributed by atoms with Gasteiger partial charge in [-0.05, 0) is 29.9 Å². The van der Waals surface area contributed by atoms with E-state index >= 15 is 0 Å². The largest absolute Gasteiger partial charge is 0.351 e. The summed E-state index contributed by atoms with van der Waals surface area (Å²) in [5.74, 6) is 1.70. The third-order valence-electron chi connectivity index (χ3n) is 5.68. The molecule has 1 aliphatic heterocycles. The maximum atomic E-state index is 6.15. The molecule has 0 aliphatic carbocycles. The van der Waals surface area contributed by atoms with Crippen molar-refractivity contribution in [2.75, 3.05) is 25.0 Å². The molecular formula is C25H28Cl3N5. The van der Waals surface area contributed by atoms with E-state index in [1.165, 1.54) is 0 Å². The molecule has 0 unspecified atom stereocenters. The molecule has 2 heterocycles.